The molecule has 1 aliphatic heterocycles. The monoisotopic (exact) mass is 139 g/mol. The van der Waals surface area contributed by atoms with Crippen LogP contribution in [0.2, 0.25) is 0 Å². The Labute approximate surface area is 59.1 Å². The van der Waals surface area contributed by atoms with Crippen molar-refractivity contribution in [3.63, 3.8) is 0 Å². The Morgan fingerprint density at radius 3 is 2.80 bits per heavy atom. The highest BCUT2D eigenvalue weighted by atomic mass is 16.2. The van der Waals surface area contributed by atoms with E-state index in [2.05, 4.69) is 11.9 Å². The van der Waals surface area contributed by atoms with Gasteiger partial charge in [0, 0.05) is 6.42 Å². The smallest absolute Gasteiger partial charge is 0.233 e. The summed E-state index contributed by atoms with van der Waals surface area (Å²) in [5.41, 5.74) is 0. The molecule has 0 saturated carbocycles. The second kappa shape index (κ2) is 2.64. The summed E-state index contributed by atoms with van der Waals surface area (Å²) in [7, 11) is 0. The molecule has 2 amide bonds. The van der Waals surface area contributed by atoms with Crippen molar-refractivity contribution in [2.45, 2.75) is 12.8 Å². The van der Waals surface area contributed by atoms with Gasteiger partial charge in [-0.15, -0.1) is 6.58 Å². The van der Waals surface area contributed by atoms with Crippen molar-refractivity contribution in [2.75, 3.05) is 0 Å². The fourth-order valence-corrected chi connectivity index (χ4v) is 0.935. The minimum atomic E-state index is -0.216. The van der Waals surface area contributed by atoms with Gasteiger partial charge in [-0.05, 0) is 6.42 Å². The zero-order valence-electron chi connectivity index (χ0n) is 5.59. The van der Waals surface area contributed by atoms with E-state index in [1.165, 1.54) is 0 Å². The van der Waals surface area contributed by atoms with Crippen LogP contribution >= 0.6 is 0 Å². The van der Waals surface area contributed by atoms with Crippen molar-refractivity contribution in [2.24, 2.45) is 5.92 Å². The molecule has 0 spiro atoms. The molecule has 3 nitrogen and oxygen atoms in total. The van der Waals surface area contributed by atoms with Gasteiger partial charge in [0.2, 0.25) is 11.8 Å². The van der Waals surface area contributed by atoms with Crippen molar-refractivity contribution in [3.8, 4) is 0 Å². The Balaban J connectivity index is 2.59. The topological polar surface area (TPSA) is 46.2 Å². The van der Waals surface area contributed by atoms with Gasteiger partial charge >= 0.3 is 0 Å². The molecule has 3 heteroatoms. The molecule has 10 heavy (non-hydrogen) atoms. The van der Waals surface area contributed by atoms with Crippen molar-refractivity contribution in [1.82, 2.24) is 5.32 Å². The lowest BCUT2D eigenvalue weighted by molar-refractivity contribution is -0.135. The third kappa shape index (κ3) is 1.23. The molecule has 0 aliphatic carbocycles. The van der Waals surface area contributed by atoms with Gasteiger partial charge in [0.25, 0.3) is 0 Å². The van der Waals surface area contributed by atoms with Gasteiger partial charge in [0.05, 0.1) is 5.92 Å². The van der Waals surface area contributed by atoms with E-state index in [0.717, 1.165) is 0 Å². The number of hydrogen-bond donors (Lipinski definition) is 1. The molecule has 1 saturated heterocycles. The van der Waals surface area contributed by atoms with Gasteiger partial charge in [0.1, 0.15) is 0 Å². The Kier molecular flexibility index (Phi) is 1.85. The molecular formula is C7H9NO2. The first kappa shape index (κ1) is 6.99. The molecule has 54 valence electrons. The normalized spacial score (nSPS) is 25.8. The minimum Gasteiger partial charge on any atom is -0.296 e. The number of carbonyl (C=O) groups is 2. The minimum absolute atomic E-state index is 0.169. The summed E-state index contributed by atoms with van der Waals surface area (Å²) in [5.74, 6) is -0.563. The molecule has 1 aliphatic rings. The average Bonchev–Trinajstić information content (AvgIpc) is 1.88. The summed E-state index contributed by atoms with van der Waals surface area (Å²) < 4.78 is 0. The highest BCUT2D eigenvalue weighted by molar-refractivity contribution is 5.99. The van der Waals surface area contributed by atoms with E-state index in [1.54, 1.807) is 6.08 Å². The molecule has 1 rings (SSSR count). The molecule has 1 atom stereocenters. The number of nitrogens with one attached hydrogen (secondary N) is 1. The fraction of sp³-hybridized carbons (Fsp3) is 0.429. The quantitative estimate of drug-likeness (QED) is 0.417. The van der Waals surface area contributed by atoms with Crippen molar-refractivity contribution in [3.05, 3.63) is 12.7 Å². The van der Waals surface area contributed by atoms with Gasteiger partial charge in [0.15, 0.2) is 0 Å². The van der Waals surface area contributed by atoms with E-state index < -0.39 is 0 Å². The van der Waals surface area contributed by atoms with Crippen LogP contribution in [0.3, 0.4) is 0 Å². The highest BCUT2D eigenvalue weighted by Gasteiger charge is 2.23. The van der Waals surface area contributed by atoms with Crippen LogP contribution in [-0.4, -0.2) is 11.8 Å². The molecule has 1 heterocycles. The second-order valence-corrected chi connectivity index (χ2v) is 2.29. The first-order chi connectivity index (χ1) is 4.74. The molecule has 0 aromatic heterocycles. The fourth-order valence-electron chi connectivity index (χ4n) is 0.935. The number of rotatable bonds is 1. The average molecular weight is 139 g/mol. The molecule has 0 bridgehead atoms. The van der Waals surface area contributed by atoms with Gasteiger partial charge in [-0.2, -0.15) is 0 Å². The lowest BCUT2D eigenvalue weighted by atomic mass is 9.99. The van der Waals surface area contributed by atoms with Crippen molar-refractivity contribution < 1.29 is 9.59 Å². The third-order valence-corrected chi connectivity index (χ3v) is 1.57. The van der Waals surface area contributed by atoms with E-state index in [9.17, 15) is 9.59 Å². The maximum Gasteiger partial charge on any atom is 0.233 e. The molecular weight excluding hydrogens is 130 g/mol. The molecule has 0 radical (unpaired) electrons. The van der Waals surface area contributed by atoms with Crippen LogP contribution in [0, 0.1) is 5.92 Å². The van der Waals surface area contributed by atoms with Gasteiger partial charge in [-0.25, -0.2) is 0 Å². The summed E-state index contributed by atoms with van der Waals surface area (Å²) >= 11 is 0. The third-order valence-electron chi connectivity index (χ3n) is 1.57. The van der Waals surface area contributed by atoms with E-state index >= 15 is 0 Å². The Bertz CT molecular complexity index is 186. The molecule has 0 aromatic rings. The first-order valence-electron chi connectivity index (χ1n) is 3.20. The SMILES string of the molecule is C=C[C@@H]1CCC(=O)NC1=O. The highest BCUT2D eigenvalue weighted by Crippen LogP contribution is 2.11. The van der Waals surface area contributed by atoms with Gasteiger partial charge in [-0.1, -0.05) is 6.08 Å². The lowest BCUT2D eigenvalue weighted by Gasteiger charge is -2.16. The summed E-state index contributed by atoms with van der Waals surface area (Å²) in [6, 6.07) is 0. The number of carbonyl (C=O) groups excluding carboxylic acids is 2. The van der Waals surface area contributed by atoms with Gasteiger partial charge in [-0.3, -0.25) is 14.9 Å². The number of hydrogen-bond acceptors (Lipinski definition) is 2. The number of imide groups is 1. The van der Waals surface area contributed by atoms with Crippen LogP contribution in [0.4, 0.5) is 0 Å². The van der Waals surface area contributed by atoms with E-state index in [4.69, 9.17) is 0 Å². The predicted octanol–water partition coefficient (Wildman–Crippen LogP) is 0.225. The summed E-state index contributed by atoms with van der Waals surface area (Å²) in [5, 5.41) is 2.23. The van der Waals surface area contributed by atoms with Crippen LogP contribution in [0.5, 0.6) is 0 Å². The first-order valence-corrected chi connectivity index (χ1v) is 3.20. The lowest BCUT2D eigenvalue weighted by Crippen LogP contribution is -2.39. The van der Waals surface area contributed by atoms with Gasteiger partial charge < -0.3 is 0 Å². The van der Waals surface area contributed by atoms with Crippen molar-refractivity contribution in [1.29, 1.82) is 0 Å². The zero-order valence-corrected chi connectivity index (χ0v) is 5.59. The van der Waals surface area contributed by atoms with E-state index in [-0.39, 0.29) is 17.7 Å². The summed E-state index contributed by atoms with van der Waals surface area (Å²) in [6.07, 6.45) is 2.61. The van der Waals surface area contributed by atoms with Crippen LogP contribution in [0.25, 0.3) is 0 Å². The maximum atomic E-state index is 10.8. The summed E-state index contributed by atoms with van der Waals surface area (Å²) in [4.78, 5) is 21.4. The van der Waals surface area contributed by atoms with Crippen LogP contribution in [-0.2, 0) is 9.59 Å². The Morgan fingerprint density at radius 1 is 1.60 bits per heavy atom. The predicted molar refractivity (Wildman–Crippen MR) is 36.1 cm³/mol. The Hall–Kier alpha value is -1.12. The van der Waals surface area contributed by atoms with E-state index in [1.807, 2.05) is 0 Å². The van der Waals surface area contributed by atoms with Crippen molar-refractivity contribution >= 4 is 11.8 Å². The molecule has 1 N–H and O–H groups in total. The van der Waals surface area contributed by atoms with Crippen LogP contribution in [0.15, 0.2) is 12.7 Å². The van der Waals surface area contributed by atoms with Crippen LogP contribution in [0.1, 0.15) is 12.8 Å². The van der Waals surface area contributed by atoms with Crippen LogP contribution < -0.4 is 5.32 Å². The number of amides is 2. The molecule has 1 fully saturated rings. The maximum absolute atomic E-state index is 10.8. The standard InChI is InChI=1S/C7H9NO2/c1-2-5-3-4-6(9)8-7(5)10/h2,5H,1,3-4H2,(H,8,9,10)/t5-/m1/s1. The molecule has 0 aromatic carbocycles. The second-order valence-electron chi connectivity index (χ2n) is 2.29. The summed E-state index contributed by atoms with van der Waals surface area (Å²) in [6.45, 7) is 3.49. The van der Waals surface area contributed by atoms with E-state index in [0.29, 0.717) is 12.8 Å². The largest absolute Gasteiger partial charge is 0.296 e. The Morgan fingerprint density at radius 2 is 2.30 bits per heavy atom. The zero-order chi connectivity index (χ0) is 7.56. The molecule has 0 unspecified atom stereocenters. The number of piperidine rings is 1.